The molecule has 1 aliphatic rings. The molecule has 0 aliphatic carbocycles. The molecule has 1 heterocycles. The lowest BCUT2D eigenvalue weighted by Gasteiger charge is -2.26. The van der Waals surface area contributed by atoms with E-state index in [0.717, 1.165) is 12.1 Å². The van der Waals surface area contributed by atoms with Crippen molar-refractivity contribution in [1.29, 1.82) is 0 Å². The third kappa shape index (κ3) is 6.46. The third-order valence-corrected chi connectivity index (χ3v) is 7.12. The first-order valence-electron chi connectivity index (χ1n) is 10.3. The van der Waals surface area contributed by atoms with E-state index in [1.807, 2.05) is 0 Å². The molecule has 0 aromatic heterocycles. The number of hydrogen-bond donors (Lipinski definition) is 1. The van der Waals surface area contributed by atoms with Crippen LogP contribution < -0.4 is 10.1 Å². The van der Waals surface area contributed by atoms with Gasteiger partial charge in [-0.25, -0.2) is 8.42 Å². The van der Waals surface area contributed by atoms with Crippen molar-refractivity contribution in [3.05, 3.63) is 59.2 Å². The van der Waals surface area contributed by atoms with Gasteiger partial charge in [0.15, 0.2) is 0 Å². The van der Waals surface area contributed by atoms with Gasteiger partial charge in [0.1, 0.15) is 5.75 Å². The van der Waals surface area contributed by atoms with Gasteiger partial charge in [-0.15, -0.1) is 0 Å². The van der Waals surface area contributed by atoms with E-state index < -0.39 is 21.8 Å². The van der Waals surface area contributed by atoms with Gasteiger partial charge in [-0.3, -0.25) is 4.79 Å². The van der Waals surface area contributed by atoms with E-state index in [4.69, 9.17) is 9.47 Å². The Bertz CT molecular complexity index is 1080. The molecular formula is C22H25F3N2O5S. The van der Waals surface area contributed by atoms with Gasteiger partial charge in [-0.2, -0.15) is 17.5 Å². The molecule has 3 rings (SSSR count). The van der Waals surface area contributed by atoms with Crippen molar-refractivity contribution >= 4 is 15.9 Å². The van der Waals surface area contributed by atoms with Crippen molar-refractivity contribution in [2.45, 2.75) is 30.5 Å². The number of nitrogens with zero attached hydrogens (tertiary/aromatic N) is 1. The van der Waals surface area contributed by atoms with E-state index in [-0.39, 0.29) is 43.3 Å². The fourth-order valence-corrected chi connectivity index (χ4v) is 4.90. The summed E-state index contributed by atoms with van der Waals surface area (Å²) in [6, 6.07) is 9.24. The van der Waals surface area contributed by atoms with Gasteiger partial charge in [0.2, 0.25) is 15.9 Å². The number of carbonyl (C=O) groups is 1. The minimum atomic E-state index is -4.46. The largest absolute Gasteiger partial charge is 0.496 e. The number of aryl methyl sites for hydroxylation is 1. The van der Waals surface area contributed by atoms with Crippen LogP contribution in [0.1, 0.15) is 23.1 Å². The van der Waals surface area contributed by atoms with Crippen LogP contribution >= 0.6 is 0 Å². The number of hydrogen-bond acceptors (Lipinski definition) is 5. The second-order valence-electron chi connectivity index (χ2n) is 7.46. The Hall–Kier alpha value is -2.63. The third-order valence-electron chi connectivity index (χ3n) is 5.23. The Morgan fingerprint density at radius 2 is 1.88 bits per heavy atom. The van der Waals surface area contributed by atoms with Crippen molar-refractivity contribution in [1.82, 2.24) is 9.62 Å². The summed E-state index contributed by atoms with van der Waals surface area (Å²) in [6.45, 7) is 1.14. The normalized spacial score (nSPS) is 15.3. The maximum atomic E-state index is 12.9. The van der Waals surface area contributed by atoms with Crippen LogP contribution in [0.3, 0.4) is 0 Å². The van der Waals surface area contributed by atoms with E-state index in [9.17, 15) is 26.4 Å². The molecule has 7 nitrogen and oxygen atoms in total. The summed E-state index contributed by atoms with van der Waals surface area (Å²) in [5.74, 6) is 0.0671. The van der Waals surface area contributed by atoms with Gasteiger partial charge in [-0.1, -0.05) is 12.1 Å². The highest BCUT2D eigenvalue weighted by atomic mass is 32.2. The highest BCUT2D eigenvalue weighted by Gasteiger charge is 2.30. The summed E-state index contributed by atoms with van der Waals surface area (Å²) in [7, 11) is -2.26. The number of rotatable bonds is 8. The van der Waals surface area contributed by atoms with Gasteiger partial charge in [0.05, 0.1) is 30.8 Å². The lowest BCUT2D eigenvalue weighted by molar-refractivity contribution is -0.137. The summed E-state index contributed by atoms with van der Waals surface area (Å²) >= 11 is 0. The molecule has 0 spiro atoms. The fraction of sp³-hybridized carbons (Fsp3) is 0.409. The van der Waals surface area contributed by atoms with Crippen molar-refractivity contribution in [3.63, 3.8) is 0 Å². The van der Waals surface area contributed by atoms with Gasteiger partial charge < -0.3 is 14.8 Å². The molecule has 0 bridgehead atoms. The zero-order valence-electron chi connectivity index (χ0n) is 18.0. The predicted octanol–water partition coefficient (Wildman–Crippen LogP) is 2.98. The fourth-order valence-electron chi connectivity index (χ4n) is 3.44. The average Bonchev–Trinajstić information content (AvgIpc) is 2.81. The van der Waals surface area contributed by atoms with Crippen LogP contribution in [0.15, 0.2) is 47.4 Å². The molecule has 2 aromatic carbocycles. The first-order chi connectivity index (χ1) is 15.6. The van der Waals surface area contributed by atoms with Crippen LogP contribution in [0.2, 0.25) is 0 Å². The summed E-state index contributed by atoms with van der Waals surface area (Å²) in [6.07, 6.45) is -4.25. The van der Waals surface area contributed by atoms with Gasteiger partial charge >= 0.3 is 6.18 Å². The Morgan fingerprint density at radius 1 is 1.15 bits per heavy atom. The molecule has 180 valence electrons. The number of alkyl halides is 3. The van der Waals surface area contributed by atoms with Crippen LogP contribution in [0.25, 0.3) is 0 Å². The molecule has 0 atom stereocenters. The SMILES string of the molecule is COc1ccc(S(=O)(=O)N2CCOCC2)cc1CCC(=O)NCc1cccc(C(F)(F)F)c1. The number of amides is 1. The minimum Gasteiger partial charge on any atom is -0.496 e. The van der Waals surface area contributed by atoms with Crippen LogP contribution in [0.4, 0.5) is 13.2 Å². The molecular weight excluding hydrogens is 461 g/mol. The zero-order chi connectivity index (χ0) is 24.1. The van der Waals surface area contributed by atoms with Crippen LogP contribution in [-0.2, 0) is 38.7 Å². The number of carbonyl (C=O) groups excluding carboxylic acids is 1. The summed E-state index contributed by atoms with van der Waals surface area (Å²) < 4.78 is 76.2. The second-order valence-corrected chi connectivity index (χ2v) is 9.40. The predicted molar refractivity (Wildman–Crippen MR) is 114 cm³/mol. The number of halogens is 3. The van der Waals surface area contributed by atoms with Gasteiger partial charge in [0.25, 0.3) is 0 Å². The number of morpholine rings is 1. The van der Waals surface area contributed by atoms with Crippen LogP contribution in [0.5, 0.6) is 5.75 Å². The van der Waals surface area contributed by atoms with E-state index >= 15 is 0 Å². The number of sulfonamides is 1. The van der Waals surface area contributed by atoms with Crippen LogP contribution in [0, 0.1) is 0 Å². The highest BCUT2D eigenvalue weighted by molar-refractivity contribution is 7.89. The van der Waals surface area contributed by atoms with Gasteiger partial charge in [0, 0.05) is 26.1 Å². The highest BCUT2D eigenvalue weighted by Crippen LogP contribution is 2.29. The summed E-state index contributed by atoms with van der Waals surface area (Å²) in [4.78, 5) is 12.4. The molecule has 1 aliphatic heterocycles. The lowest BCUT2D eigenvalue weighted by atomic mass is 10.1. The van der Waals surface area contributed by atoms with Crippen LogP contribution in [-0.4, -0.2) is 52.0 Å². The van der Waals surface area contributed by atoms with Crippen molar-refractivity contribution in [2.75, 3.05) is 33.4 Å². The Morgan fingerprint density at radius 3 is 2.55 bits per heavy atom. The zero-order valence-corrected chi connectivity index (χ0v) is 18.8. The quantitative estimate of drug-likeness (QED) is 0.620. The molecule has 33 heavy (non-hydrogen) atoms. The number of benzene rings is 2. The molecule has 1 amide bonds. The summed E-state index contributed by atoms with van der Waals surface area (Å²) in [5, 5.41) is 2.59. The van der Waals surface area contributed by atoms with Crippen molar-refractivity contribution in [3.8, 4) is 5.75 Å². The number of ether oxygens (including phenoxy) is 2. The molecule has 1 fully saturated rings. The minimum absolute atomic E-state index is 0.0103. The molecule has 0 unspecified atom stereocenters. The first kappa shape index (κ1) is 25.0. The van der Waals surface area contributed by atoms with Crippen molar-refractivity contribution in [2.24, 2.45) is 0 Å². The molecule has 0 radical (unpaired) electrons. The monoisotopic (exact) mass is 486 g/mol. The van der Waals surface area contributed by atoms with E-state index in [2.05, 4.69) is 5.32 Å². The first-order valence-corrected chi connectivity index (χ1v) is 11.7. The molecule has 0 saturated carbocycles. The van der Waals surface area contributed by atoms with E-state index in [0.29, 0.717) is 30.1 Å². The Labute approximate surface area is 190 Å². The maximum absolute atomic E-state index is 12.9. The van der Waals surface area contributed by atoms with Gasteiger partial charge in [-0.05, 0) is 47.9 Å². The standard InChI is InChI=1S/C22H25F3N2O5S/c1-31-20-7-6-19(33(29,30)27-9-11-32-12-10-27)14-17(20)5-8-21(28)26-15-16-3-2-4-18(13-16)22(23,24)25/h2-4,6-7,13-14H,5,8-12,15H2,1H3,(H,26,28). The number of methoxy groups -OCH3 is 1. The summed E-state index contributed by atoms with van der Waals surface area (Å²) in [5.41, 5.74) is 0.0905. The Kier molecular flexibility index (Phi) is 7.98. The smallest absolute Gasteiger partial charge is 0.416 e. The lowest BCUT2D eigenvalue weighted by Crippen LogP contribution is -2.40. The molecule has 2 aromatic rings. The molecule has 11 heteroatoms. The Balaban J connectivity index is 1.64. The van der Waals surface area contributed by atoms with Crippen molar-refractivity contribution < 1.29 is 35.9 Å². The molecule has 1 saturated heterocycles. The molecule has 1 N–H and O–H groups in total. The second kappa shape index (κ2) is 10.5. The van der Waals surface area contributed by atoms with E-state index in [1.165, 1.54) is 35.7 Å². The number of nitrogens with one attached hydrogen (secondary N) is 1. The topological polar surface area (TPSA) is 84.9 Å². The maximum Gasteiger partial charge on any atom is 0.416 e. The van der Waals surface area contributed by atoms with E-state index in [1.54, 1.807) is 6.07 Å². The average molecular weight is 487 g/mol.